The lowest BCUT2D eigenvalue weighted by molar-refractivity contribution is -0.114. The van der Waals surface area contributed by atoms with Gasteiger partial charge >= 0.3 is 5.97 Å². The van der Waals surface area contributed by atoms with Crippen LogP contribution in [0.3, 0.4) is 0 Å². The molecule has 0 atom stereocenters. The first-order valence-electron chi connectivity index (χ1n) is 4.80. The van der Waals surface area contributed by atoms with Gasteiger partial charge in [-0.15, -0.1) is 0 Å². The Hall–Kier alpha value is -2.10. The van der Waals surface area contributed by atoms with Crippen LogP contribution in [0, 0.1) is 0 Å². The maximum Gasteiger partial charge on any atom is 0.335 e. The number of amides is 1. The number of rotatable bonds is 4. The van der Waals surface area contributed by atoms with Crippen molar-refractivity contribution in [3.05, 3.63) is 47.0 Å². The zero-order valence-electron chi connectivity index (χ0n) is 8.93. The molecule has 0 aromatic heterocycles. The zero-order valence-corrected chi connectivity index (χ0v) is 8.93. The molecule has 3 N–H and O–H groups in total. The van der Waals surface area contributed by atoms with Gasteiger partial charge in [0.15, 0.2) is 0 Å². The van der Waals surface area contributed by atoms with Gasteiger partial charge in [0, 0.05) is 5.57 Å². The van der Waals surface area contributed by atoms with E-state index < -0.39 is 11.9 Å². The van der Waals surface area contributed by atoms with Crippen LogP contribution < -0.4 is 5.73 Å². The first kappa shape index (κ1) is 12.0. The summed E-state index contributed by atoms with van der Waals surface area (Å²) in [7, 11) is 0. The first-order valence-corrected chi connectivity index (χ1v) is 4.80. The summed E-state index contributed by atoms with van der Waals surface area (Å²) in [5.74, 6) is -1.46. The molecule has 16 heavy (non-hydrogen) atoms. The summed E-state index contributed by atoms with van der Waals surface area (Å²) in [6, 6.07) is 6.67. The molecule has 1 amide bonds. The van der Waals surface area contributed by atoms with Crippen LogP contribution in [0.4, 0.5) is 0 Å². The lowest BCUT2D eigenvalue weighted by atomic mass is 10.0. The van der Waals surface area contributed by atoms with E-state index in [1.54, 1.807) is 31.2 Å². The maximum absolute atomic E-state index is 10.9. The van der Waals surface area contributed by atoms with E-state index in [4.69, 9.17) is 10.8 Å². The summed E-state index contributed by atoms with van der Waals surface area (Å²) < 4.78 is 0. The van der Waals surface area contributed by atoms with Crippen LogP contribution in [0.5, 0.6) is 0 Å². The Kier molecular flexibility index (Phi) is 3.83. The zero-order chi connectivity index (χ0) is 12.1. The van der Waals surface area contributed by atoms with E-state index >= 15 is 0 Å². The molecule has 84 valence electrons. The number of aromatic carboxylic acids is 1. The second kappa shape index (κ2) is 5.11. The van der Waals surface area contributed by atoms with E-state index in [2.05, 4.69) is 0 Å². The number of hydrogen-bond donors (Lipinski definition) is 2. The van der Waals surface area contributed by atoms with Crippen LogP contribution in [0.15, 0.2) is 35.9 Å². The minimum absolute atomic E-state index is 0.246. The minimum Gasteiger partial charge on any atom is -0.478 e. The number of allylic oxidation sites excluding steroid dienone is 1. The third-order valence-corrected chi connectivity index (χ3v) is 2.26. The molecule has 0 heterocycles. The quantitative estimate of drug-likeness (QED) is 0.750. The lowest BCUT2D eigenvalue weighted by Crippen LogP contribution is -2.12. The fourth-order valence-electron chi connectivity index (χ4n) is 1.27. The van der Waals surface area contributed by atoms with Crippen molar-refractivity contribution < 1.29 is 14.7 Å². The molecule has 1 rings (SSSR count). The summed E-state index contributed by atoms with van der Waals surface area (Å²) in [6.07, 6.45) is 2.02. The molecule has 0 saturated heterocycles. The molecule has 1 aromatic rings. The van der Waals surface area contributed by atoms with Gasteiger partial charge in [-0.3, -0.25) is 4.79 Å². The van der Waals surface area contributed by atoms with Gasteiger partial charge in [-0.05, 0) is 25.0 Å². The third-order valence-electron chi connectivity index (χ3n) is 2.26. The highest BCUT2D eigenvalue weighted by molar-refractivity contribution is 5.91. The molecule has 0 unspecified atom stereocenters. The Morgan fingerprint density at radius 1 is 1.38 bits per heavy atom. The van der Waals surface area contributed by atoms with Gasteiger partial charge in [-0.1, -0.05) is 24.3 Å². The van der Waals surface area contributed by atoms with E-state index in [-0.39, 0.29) is 5.56 Å². The van der Waals surface area contributed by atoms with E-state index in [1.807, 2.05) is 0 Å². The summed E-state index contributed by atoms with van der Waals surface area (Å²) in [5.41, 5.74) is 6.41. The third kappa shape index (κ3) is 2.95. The molecular formula is C12H13NO3. The highest BCUT2D eigenvalue weighted by atomic mass is 16.4. The van der Waals surface area contributed by atoms with Crippen molar-refractivity contribution in [2.75, 3.05) is 0 Å². The second-order valence-corrected chi connectivity index (χ2v) is 3.42. The number of benzene rings is 1. The van der Waals surface area contributed by atoms with Crippen LogP contribution in [-0.2, 0) is 11.2 Å². The molecule has 4 heteroatoms. The fraction of sp³-hybridized carbons (Fsp3) is 0.167. The molecule has 0 saturated carbocycles. The van der Waals surface area contributed by atoms with Gasteiger partial charge in [-0.2, -0.15) is 0 Å². The normalized spacial score (nSPS) is 11.2. The largest absolute Gasteiger partial charge is 0.478 e. The van der Waals surface area contributed by atoms with Gasteiger partial charge in [0.05, 0.1) is 5.56 Å². The molecule has 0 fully saturated rings. The molecule has 0 aliphatic rings. The number of hydrogen-bond acceptors (Lipinski definition) is 2. The fourth-order valence-corrected chi connectivity index (χ4v) is 1.27. The Balaban J connectivity index is 2.94. The SMILES string of the molecule is CC(=CCc1ccccc1C(=O)O)C(N)=O. The predicted octanol–water partition coefficient (Wildman–Crippen LogP) is 1.36. The predicted molar refractivity (Wildman–Crippen MR) is 60.1 cm³/mol. The average Bonchev–Trinajstić information content (AvgIpc) is 2.25. The average molecular weight is 219 g/mol. The molecule has 0 bridgehead atoms. The first-order chi connectivity index (χ1) is 7.52. The second-order valence-electron chi connectivity index (χ2n) is 3.42. The summed E-state index contributed by atoms with van der Waals surface area (Å²) in [4.78, 5) is 21.7. The molecule has 1 aromatic carbocycles. The van der Waals surface area contributed by atoms with Crippen molar-refractivity contribution in [3.63, 3.8) is 0 Å². The lowest BCUT2D eigenvalue weighted by Gasteiger charge is -2.02. The molecule has 0 aliphatic carbocycles. The van der Waals surface area contributed by atoms with E-state index in [1.165, 1.54) is 6.07 Å². The molecule has 0 radical (unpaired) electrons. The Morgan fingerprint density at radius 3 is 2.56 bits per heavy atom. The highest BCUT2D eigenvalue weighted by Gasteiger charge is 2.07. The standard InChI is InChI=1S/C12H13NO3/c1-8(11(13)14)6-7-9-4-2-3-5-10(9)12(15)16/h2-6H,7H2,1H3,(H2,13,14)(H,15,16). The minimum atomic E-state index is -0.972. The highest BCUT2D eigenvalue weighted by Crippen LogP contribution is 2.10. The van der Waals surface area contributed by atoms with Crippen molar-refractivity contribution in [2.24, 2.45) is 5.73 Å². The van der Waals surface area contributed by atoms with Crippen LogP contribution >= 0.6 is 0 Å². The number of primary amides is 1. The number of carbonyl (C=O) groups is 2. The Morgan fingerprint density at radius 2 is 2.00 bits per heavy atom. The van der Waals surface area contributed by atoms with Crippen LogP contribution in [0.1, 0.15) is 22.8 Å². The number of carboxylic acids is 1. The van der Waals surface area contributed by atoms with Crippen LogP contribution in [0.25, 0.3) is 0 Å². The van der Waals surface area contributed by atoms with E-state index in [9.17, 15) is 9.59 Å². The summed E-state index contributed by atoms with van der Waals surface area (Å²) in [6.45, 7) is 1.60. The van der Waals surface area contributed by atoms with Crippen molar-refractivity contribution in [1.29, 1.82) is 0 Å². The van der Waals surface area contributed by atoms with Crippen molar-refractivity contribution in [1.82, 2.24) is 0 Å². The van der Waals surface area contributed by atoms with E-state index in [0.717, 1.165) is 0 Å². The molecular weight excluding hydrogens is 206 g/mol. The van der Waals surface area contributed by atoms with Gasteiger partial charge in [0.25, 0.3) is 0 Å². The maximum atomic E-state index is 10.9. The molecule has 4 nitrogen and oxygen atoms in total. The summed E-state index contributed by atoms with van der Waals surface area (Å²) in [5, 5.41) is 8.93. The van der Waals surface area contributed by atoms with Gasteiger partial charge in [-0.25, -0.2) is 4.79 Å². The molecule has 0 aliphatic heterocycles. The van der Waals surface area contributed by atoms with Crippen molar-refractivity contribution in [2.45, 2.75) is 13.3 Å². The Bertz CT molecular complexity index is 449. The topological polar surface area (TPSA) is 80.4 Å². The van der Waals surface area contributed by atoms with Crippen molar-refractivity contribution >= 4 is 11.9 Å². The number of nitrogens with two attached hydrogens (primary N) is 1. The Labute approximate surface area is 93.4 Å². The van der Waals surface area contributed by atoms with Crippen molar-refractivity contribution in [3.8, 4) is 0 Å². The van der Waals surface area contributed by atoms with E-state index in [0.29, 0.717) is 17.6 Å². The monoisotopic (exact) mass is 219 g/mol. The van der Waals surface area contributed by atoms with Crippen LogP contribution in [-0.4, -0.2) is 17.0 Å². The van der Waals surface area contributed by atoms with Gasteiger partial charge in [0.1, 0.15) is 0 Å². The van der Waals surface area contributed by atoms with Gasteiger partial charge < -0.3 is 10.8 Å². The smallest absolute Gasteiger partial charge is 0.335 e. The summed E-state index contributed by atoms with van der Waals surface area (Å²) >= 11 is 0. The molecule has 0 spiro atoms. The number of carbonyl (C=O) groups excluding carboxylic acids is 1. The van der Waals surface area contributed by atoms with Gasteiger partial charge in [0.2, 0.25) is 5.91 Å². The number of carboxylic acid groups (broad SMARTS) is 1. The van der Waals surface area contributed by atoms with Crippen LogP contribution in [0.2, 0.25) is 0 Å².